The second-order valence-electron chi connectivity index (χ2n) is 16.6. The Hall–Kier alpha value is -5.26. The third-order valence-corrected chi connectivity index (χ3v) is 12.4. The van der Waals surface area contributed by atoms with Crippen molar-refractivity contribution in [1.82, 2.24) is 19.6 Å². The normalized spacial score (nSPS) is 16.1. The summed E-state index contributed by atoms with van der Waals surface area (Å²) in [7, 11) is -3.27. The molecule has 3 amide bonds. The van der Waals surface area contributed by atoms with E-state index in [0.717, 1.165) is 41.0 Å². The number of carbonyl (C=O) groups is 3. The molecule has 11 heteroatoms. The molecule has 1 atom stereocenters. The maximum atomic E-state index is 14.8. The van der Waals surface area contributed by atoms with Crippen molar-refractivity contribution in [2.75, 3.05) is 63.5 Å². The average molecular weight is 804 g/mol. The largest absolute Gasteiger partial charge is 0.368 e. The SMILES string of the molecule is CC(=O)N1CCN(c2ccc(CN(C(=O)/C=C/c3ccc(C(C)(C)C)cc3)[C@@H](Cc3ccccc3)C(=O)N3CCN(Cc4ccc(S(C)(=O)=O)cc4)CC3)cc2)CC1. The number of sulfone groups is 1. The van der Waals surface area contributed by atoms with Gasteiger partial charge in [0.1, 0.15) is 6.04 Å². The Bertz CT molecular complexity index is 2150. The first-order chi connectivity index (χ1) is 27.6. The highest BCUT2D eigenvalue weighted by atomic mass is 32.2. The van der Waals surface area contributed by atoms with Crippen LogP contribution in [0.5, 0.6) is 0 Å². The van der Waals surface area contributed by atoms with E-state index in [9.17, 15) is 22.8 Å². The van der Waals surface area contributed by atoms with Crippen LogP contribution in [-0.4, -0.2) is 110 Å². The first-order valence-corrected chi connectivity index (χ1v) is 22.1. The van der Waals surface area contributed by atoms with Crippen LogP contribution in [0.15, 0.2) is 114 Å². The van der Waals surface area contributed by atoms with Crippen LogP contribution >= 0.6 is 0 Å². The fraction of sp³-hybridized carbons (Fsp3) is 0.383. The summed E-state index contributed by atoms with van der Waals surface area (Å²) in [5.41, 5.74) is 6.08. The van der Waals surface area contributed by atoms with Gasteiger partial charge in [-0.3, -0.25) is 19.3 Å². The lowest BCUT2D eigenvalue weighted by atomic mass is 9.87. The highest BCUT2D eigenvalue weighted by Crippen LogP contribution is 2.24. The molecule has 0 N–H and O–H groups in total. The Balaban J connectivity index is 1.24. The molecular weight excluding hydrogens is 747 g/mol. The lowest BCUT2D eigenvalue weighted by molar-refractivity contribution is -0.145. The van der Waals surface area contributed by atoms with Crippen LogP contribution in [-0.2, 0) is 49.1 Å². The predicted octanol–water partition coefficient (Wildman–Crippen LogP) is 6.05. The summed E-state index contributed by atoms with van der Waals surface area (Å²) >= 11 is 0. The van der Waals surface area contributed by atoms with Crippen LogP contribution in [0.3, 0.4) is 0 Å². The third-order valence-electron chi connectivity index (χ3n) is 11.2. The molecule has 0 aliphatic carbocycles. The van der Waals surface area contributed by atoms with Crippen LogP contribution in [0.2, 0.25) is 0 Å². The number of anilines is 1. The van der Waals surface area contributed by atoms with E-state index < -0.39 is 15.9 Å². The Morgan fingerprint density at radius 1 is 0.707 bits per heavy atom. The van der Waals surface area contributed by atoms with Crippen molar-refractivity contribution in [2.24, 2.45) is 0 Å². The second kappa shape index (κ2) is 18.6. The molecule has 2 aliphatic heterocycles. The maximum absolute atomic E-state index is 14.8. The topological polar surface area (TPSA) is 102 Å². The molecule has 6 rings (SSSR count). The van der Waals surface area contributed by atoms with Gasteiger partial charge in [-0.1, -0.05) is 99.6 Å². The number of hydrogen-bond donors (Lipinski definition) is 0. The first-order valence-electron chi connectivity index (χ1n) is 20.2. The molecule has 0 bridgehead atoms. The van der Waals surface area contributed by atoms with Gasteiger partial charge in [0.05, 0.1) is 4.90 Å². The fourth-order valence-corrected chi connectivity index (χ4v) is 8.22. The summed E-state index contributed by atoms with van der Waals surface area (Å²) < 4.78 is 23.9. The van der Waals surface area contributed by atoms with Gasteiger partial charge in [-0.25, -0.2) is 8.42 Å². The summed E-state index contributed by atoms with van der Waals surface area (Å²) in [5.74, 6) is -0.233. The number of carbonyl (C=O) groups excluding carboxylic acids is 3. The Kier molecular flexibility index (Phi) is 13.5. The van der Waals surface area contributed by atoms with Crippen LogP contribution in [0.4, 0.5) is 5.69 Å². The molecule has 0 unspecified atom stereocenters. The molecule has 58 heavy (non-hydrogen) atoms. The Labute approximate surface area is 344 Å². The zero-order valence-corrected chi connectivity index (χ0v) is 35.3. The number of piperazine rings is 2. The van der Waals surface area contributed by atoms with Crippen molar-refractivity contribution in [3.8, 4) is 0 Å². The molecular formula is C47H57N5O5S. The lowest BCUT2D eigenvalue weighted by Crippen LogP contribution is -2.56. The van der Waals surface area contributed by atoms with Gasteiger partial charge in [0.25, 0.3) is 0 Å². The van der Waals surface area contributed by atoms with E-state index >= 15 is 0 Å². The van der Waals surface area contributed by atoms with E-state index in [1.54, 1.807) is 30.0 Å². The first kappa shape index (κ1) is 42.3. The third kappa shape index (κ3) is 11.2. The number of rotatable bonds is 12. The van der Waals surface area contributed by atoms with Crippen molar-refractivity contribution in [3.05, 3.63) is 137 Å². The monoisotopic (exact) mass is 803 g/mol. The van der Waals surface area contributed by atoms with Gasteiger partial charge in [-0.15, -0.1) is 0 Å². The number of amides is 3. The van der Waals surface area contributed by atoms with Gasteiger partial charge in [0, 0.05) is 96.8 Å². The van der Waals surface area contributed by atoms with Gasteiger partial charge < -0.3 is 19.6 Å². The standard InChI is InChI=1S/C47H57N5O5S/c1-36(53)49-29-31-50(32-30-49)42-20-13-40(14-21-42)35-52(45(54)24-17-37-11-18-41(19-12-37)47(2,3)4)44(33-38-9-7-6-8-10-38)46(55)51-27-25-48(26-28-51)34-39-15-22-43(23-16-39)58(5,56)57/h6-24,44H,25-35H2,1-5H3/b24-17+/t44-/m0/s1. The zero-order valence-electron chi connectivity index (χ0n) is 34.5. The molecule has 2 aliphatic rings. The van der Waals surface area contributed by atoms with Gasteiger partial charge in [-0.2, -0.15) is 0 Å². The summed E-state index contributed by atoms with van der Waals surface area (Å²) in [6.07, 6.45) is 4.99. The quantitative estimate of drug-likeness (QED) is 0.161. The highest BCUT2D eigenvalue weighted by Gasteiger charge is 2.34. The molecule has 0 radical (unpaired) electrons. The van der Waals surface area contributed by atoms with Crippen LogP contribution in [0.25, 0.3) is 6.08 Å². The molecule has 0 spiro atoms. The molecule has 4 aromatic rings. The molecule has 10 nitrogen and oxygen atoms in total. The number of hydrogen-bond acceptors (Lipinski definition) is 7. The number of benzene rings is 4. The molecule has 0 saturated carbocycles. The predicted molar refractivity (Wildman–Crippen MR) is 231 cm³/mol. The van der Waals surface area contributed by atoms with Crippen LogP contribution in [0.1, 0.15) is 55.5 Å². The molecule has 306 valence electrons. The van der Waals surface area contributed by atoms with E-state index in [-0.39, 0.29) is 29.7 Å². The lowest BCUT2D eigenvalue weighted by Gasteiger charge is -2.39. The van der Waals surface area contributed by atoms with Crippen molar-refractivity contribution in [1.29, 1.82) is 0 Å². The zero-order chi connectivity index (χ0) is 41.5. The van der Waals surface area contributed by atoms with Gasteiger partial charge in [0.15, 0.2) is 9.84 Å². The van der Waals surface area contributed by atoms with Gasteiger partial charge in [-0.05, 0) is 63.6 Å². The Morgan fingerprint density at radius 2 is 1.29 bits per heavy atom. The summed E-state index contributed by atoms with van der Waals surface area (Å²) in [6.45, 7) is 14.2. The Morgan fingerprint density at radius 3 is 1.86 bits per heavy atom. The molecule has 2 fully saturated rings. The van der Waals surface area contributed by atoms with Crippen molar-refractivity contribution in [2.45, 2.75) is 63.6 Å². The van der Waals surface area contributed by atoms with Gasteiger partial charge >= 0.3 is 0 Å². The molecule has 0 aromatic heterocycles. The summed E-state index contributed by atoms with van der Waals surface area (Å²) in [5, 5.41) is 0. The van der Waals surface area contributed by atoms with E-state index in [1.165, 1.54) is 11.8 Å². The van der Waals surface area contributed by atoms with E-state index in [0.29, 0.717) is 57.1 Å². The fourth-order valence-electron chi connectivity index (χ4n) is 7.59. The minimum atomic E-state index is -3.27. The van der Waals surface area contributed by atoms with Crippen molar-refractivity contribution in [3.63, 3.8) is 0 Å². The second-order valence-corrected chi connectivity index (χ2v) is 18.6. The van der Waals surface area contributed by atoms with Crippen LogP contribution in [0, 0.1) is 0 Å². The molecule has 2 saturated heterocycles. The minimum Gasteiger partial charge on any atom is -0.368 e. The molecule has 4 aromatic carbocycles. The van der Waals surface area contributed by atoms with Crippen molar-refractivity contribution < 1.29 is 22.8 Å². The molecule has 2 heterocycles. The highest BCUT2D eigenvalue weighted by molar-refractivity contribution is 7.90. The summed E-state index contributed by atoms with van der Waals surface area (Å²) in [4.78, 5) is 51.5. The number of nitrogens with zero attached hydrogens (tertiary/aromatic N) is 5. The maximum Gasteiger partial charge on any atom is 0.247 e. The van der Waals surface area contributed by atoms with Gasteiger partial charge in [0.2, 0.25) is 17.7 Å². The van der Waals surface area contributed by atoms with E-state index in [4.69, 9.17) is 0 Å². The smallest absolute Gasteiger partial charge is 0.247 e. The summed E-state index contributed by atoms with van der Waals surface area (Å²) in [6, 6.07) is 32.5. The average Bonchev–Trinajstić information content (AvgIpc) is 3.21. The van der Waals surface area contributed by atoms with E-state index in [2.05, 4.69) is 54.8 Å². The van der Waals surface area contributed by atoms with Crippen molar-refractivity contribution >= 4 is 39.3 Å². The van der Waals surface area contributed by atoms with Crippen LogP contribution < -0.4 is 4.90 Å². The minimum absolute atomic E-state index is 0.00938. The van der Waals surface area contributed by atoms with E-state index in [1.807, 2.05) is 82.6 Å².